The fraction of sp³-hybridized carbons (Fsp3) is 0.273. The minimum absolute atomic E-state index is 0.00225. The maximum atomic E-state index is 13.5. The van der Waals surface area contributed by atoms with E-state index in [0.717, 1.165) is 6.07 Å². The molecule has 9 heteroatoms. The van der Waals surface area contributed by atoms with Crippen LogP contribution in [0.1, 0.15) is 6.92 Å². The molecule has 1 unspecified atom stereocenters. The summed E-state index contributed by atoms with van der Waals surface area (Å²) in [5.74, 6) is -3.99. The van der Waals surface area contributed by atoms with Crippen LogP contribution < -0.4 is 10.2 Å². The van der Waals surface area contributed by atoms with Crippen LogP contribution in [-0.2, 0) is 4.79 Å². The van der Waals surface area contributed by atoms with Gasteiger partial charge >= 0.3 is 12.2 Å². The summed E-state index contributed by atoms with van der Waals surface area (Å²) in [6.07, 6.45) is -5.05. The maximum Gasteiger partial charge on any atom is 0.420 e. The summed E-state index contributed by atoms with van der Waals surface area (Å²) in [5.41, 5.74) is -3.90. The van der Waals surface area contributed by atoms with Crippen LogP contribution in [0.4, 0.5) is 32.4 Å². The van der Waals surface area contributed by atoms with Crippen molar-refractivity contribution in [2.45, 2.75) is 18.6 Å². The SMILES string of the molecule is CC1(C(F)(F)F)NC(=O)N(c2ccc(F)cc2F)C1=O. The third-order valence-corrected chi connectivity index (χ3v) is 2.91. The number of imide groups is 1. The van der Waals surface area contributed by atoms with E-state index in [4.69, 9.17) is 0 Å². The molecule has 1 aromatic rings. The number of hydrogen-bond acceptors (Lipinski definition) is 2. The van der Waals surface area contributed by atoms with Gasteiger partial charge in [0.2, 0.25) is 5.54 Å². The number of carbonyl (C=O) groups excluding carboxylic acids is 2. The first-order valence-corrected chi connectivity index (χ1v) is 5.26. The first-order chi connectivity index (χ1) is 9.08. The number of urea groups is 1. The van der Waals surface area contributed by atoms with Crippen molar-refractivity contribution in [1.29, 1.82) is 0 Å². The van der Waals surface area contributed by atoms with Gasteiger partial charge in [0.15, 0.2) is 0 Å². The Labute approximate surface area is 109 Å². The first kappa shape index (κ1) is 14.2. The van der Waals surface area contributed by atoms with E-state index in [-0.39, 0.29) is 4.90 Å². The molecule has 1 aliphatic heterocycles. The number of nitrogens with one attached hydrogen (secondary N) is 1. The molecule has 4 nitrogen and oxygen atoms in total. The Hall–Kier alpha value is -2.19. The number of rotatable bonds is 1. The van der Waals surface area contributed by atoms with E-state index in [1.807, 2.05) is 0 Å². The summed E-state index contributed by atoms with van der Waals surface area (Å²) in [4.78, 5) is 23.3. The highest BCUT2D eigenvalue weighted by Gasteiger charge is 2.64. The van der Waals surface area contributed by atoms with Gasteiger partial charge in [0, 0.05) is 6.07 Å². The lowest BCUT2D eigenvalue weighted by Gasteiger charge is -2.24. The molecule has 108 valence electrons. The van der Waals surface area contributed by atoms with Gasteiger partial charge in [-0.25, -0.2) is 18.5 Å². The zero-order chi connectivity index (χ0) is 15.3. The van der Waals surface area contributed by atoms with Crippen molar-refractivity contribution in [3.8, 4) is 0 Å². The third-order valence-electron chi connectivity index (χ3n) is 2.91. The minimum atomic E-state index is -5.05. The predicted molar refractivity (Wildman–Crippen MR) is 56.8 cm³/mol. The fourth-order valence-electron chi connectivity index (χ4n) is 1.71. The van der Waals surface area contributed by atoms with Gasteiger partial charge in [0.25, 0.3) is 5.91 Å². The van der Waals surface area contributed by atoms with Gasteiger partial charge in [-0.1, -0.05) is 0 Å². The molecule has 0 saturated carbocycles. The average molecular weight is 294 g/mol. The fourth-order valence-corrected chi connectivity index (χ4v) is 1.71. The van der Waals surface area contributed by atoms with Crippen molar-refractivity contribution < 1.29 is 31.5 Å². The number of carbonyl (C=O) groups is 2. The molecular formula is C11H7F5N2O2. The van der Waals surface area contributed by atoms with Gasteiger partial charge in [-0.05, 0) is 19.1 Å². The van der Waals surface area contributed by atoms with E-state index in [1.165, 1.54) is 5.32 Å². The number of alkyl halides is 3. The number of amides is 3. The van der Waals surface area contributed by atoms with Crippen molar-refractivity contribution >= 4 is 17.6 Å². The molecular weight excluding hydrogens is 287 g/mol. The third kappa shape index (κ3) is 1.89. The number of hydrogen-bond donors (Lipinski definition) is 1. The van der Waals surface area contributed by atoms with Crippen molar-refractivity contribution in [3.05, 3.63) is 29.8 Å². The van der Waals surface area contributed by atoms with Gasteiger partial charge in [-0.15, -0.1) is 0 Å². The largest absolute Gasteiger partial charge is 0.420 e. The summed E-state index contributed by atoms with van der Waals surface area (Å²) < 4.78 is 64.7. The first-order valence-electron chi connectivity index (χ1n) is 5.26. The number of nitrogens with zero attached hydrogens (tertiary/aromatic N) is 1. The molecule has 1 saturated heterocycles. The van der Waals surface area contributed by atoms with Crippen LogP contribution >= 0.6 is 0 Å². The van der Waals surface area contributed by atoms with Crippen LogP contribution in [0.3, 0.4) is 0 Å². The monoisotopic (exact) mass is 294 g/mol. The summed E-state index contributed by atoms with van der Waals surface area (Å²) in [7, 11) is 0. The van der Waals surface area contributed by atoms with Crippen molar-refractivity contribution in [2.24, 2.45) is 0 Å². The molecule has 0 bridgehead atoms. The Morgan fingerprint density at radius 1 is 1.20 bits per heavy atom. The van der Waals surface area contributed by atoms with Gasteiger partial charge in [0.05, 0.1) is 5.69 Å². The Morgan fingerprint density at radius 2 is 1.80 bits per heavy atom. The van der Waals surface area contributed by atoms with Crippen LogP contribution in [0.15, 0.2) is 18.2 Å². The summed E-state index contributed by atoms with van der Waals surface area (Å²) in [6, 6.07) is 0.367. The molecule has 1 N–H and O–H groups in total. The topological polar surface area (TPSA) is 49.4 Å². The standard InChI is InChI=1S/C11H7F5N2O2/c1-10(11(14,15)16)8(19)18(9(20)17-10)7-3-2-5(12)4-6(7)13/h2-4H,1H3,(H,17,20). The van der Waals surface area contributed by atoms with E-state index < -0.39 is 41.0 Å². The van der Waals surface area contributed by atoms with Crippen molar-refractivity contribution in [1.82, 2.24) is 5.32 Å². The van der Waals surface area contributed by atoms with Crippen molar-refractivity contribution in [3.63, 3.8) is 0 Å². The number of anilines is 1. The molecule has 0 aromatic heterocycles. The van der Waals surface area contributed by atoms with Crippen LogP contribution in [0, 0.1) is 11.6 Å². The highest BCUT2D eigenvalue weighted by molar-refractivity contribution is 6.23. The van der Waals surface area contributed by atoms with E-state index in [0.29, 0.717) is 19.1 Å². The van der Waals surface area contributed by atoms with E-state index >= 15 is 0 Å². The minimum Gasteiger partial charge on any atom is -0.315 e. The highest BCUT2D eigenvalue weighted by atomic mass is 19.4. The lowest BCUT2D eigenvalue weighted by Crippen LogP contribution is -2.56. The zero-order valence-electron chi connectivity index (χ0n) is 9.89. The van der Waals surface area contributed by atoms with Crippen LogP contribution in [0.5, 0.6) is 0 Å². The molecule has 0 radical (unpaired) electrons. The Bertz CT molecular complexity index is 601. The molecule has 1 aromatic carbocycles. The highest BCUT2D eigenvalue weighted by Crippen LogP contribution is 2.37. The molecule has 0 aliphatic carbocycles. The van der Waals surface area contributed by atoms with Crippen LogP contribution in [0.25, 0.3) is 0 Å². The second-order valence-corrected chi connectivity index (χ2v) is 4.29. The second-order valence-electron chi connectivity index (χ2n) is 4.29. The lowest BCUT2D eigenvalue weighted by molar-refractivity contribution is -0.187. The lowest BCUT2D eigenvalue weighted by atomic mass is 10.0. The number of benzene rings is 1. The molecule has 1 atom stereocenters. The predicted octanol–water partition coefficient (Wildman–Crippen LogP) is 2.34. The van der Waals surface area contributed by atoms with E-state index in [9.17, 15) is 31.5 Å². The van der Waals surface area contributed by atoms with Gasteiger partial charge < -0.3 is 5.32 Å². The Kier molecular flexibility index (Phi) is 2.95. The maximum absolute atomic E-state index is 13.5. The van der Waals surface area contributed by atoms with Crippen molar-refractivity contribution in [2.75, 3.05) is 4.90 Å². The molecule has 2 rings (SSSR count). The van der Waals surface area contributed by atoms with Gasteiger partial charge in [0.1, 0.15) is 11.6 Å². The van der Waals surface area contributed by atoms with E-state index in [2.05, 4.69) is 0 Å². The Morgan fingerprint density at radius 3 is 2.25 bits per heavy atom. The molecule has 1 heterocycles. The Balaban J connectivity index is 2.49. The smallest absolute Gasteiger partial charge is 0.315 e. The summed E-state index contributed by atoms with van der Waals surface area (Å²) in [6.45, 7) is 0.467. The molecule has 20 heavy (non-hydrogen) atoms. The van der Waals surface area contributed by atoms with Crippen LogP contribution in [0.2, 0.25) is 0 Å². The quantitative estimate of drug-likeness (QED) is 0.638. The average Bonchev–Trinajstić information content (AvgIpc) is 2.52. The van der Waals surface area contributed by atoms with Gasteiger partial charge in [-0.3, -0.25) is 4.79 Å². The number of halogens is 5. The molecule has 1 fully saturated rings. The molecule has 1 aliphatic rings. The molecule has 0 spiro atoms. The van der Waals surface area contributed by atoms with Crippen LogP contribution in [-0.4, -0.2) is 23.7 Å². The molecule has 3 amide bonds. The summed E-state index contributed by atoms with van der Waals surface area (Å²) in [5, 5.41) is 1.46. The second kappa shape index (κ2) is 4.15. The summed E-state index contributed by atoms with van der Waals surface area (Å²) >= 11 is 0. The normalized spacial score (nSPS) is 23.2. The zero-order valence-corrected chi connectivity index (χ0v) is 9.89. The van der Waals surface area contributed by atoms with Gasteiger partial charge in [-0.2, -0.15) is 13.2 Å². The van der Waals surface area contributed by atoms with E-state index in [1.54, 1.807) is 0 Å².